The van der Waals surface area contributed by atoms with Crippen LogP contribution >= 0.6 is 15.9 Å². The third-order valence-electron chi connectivity index (χ3n) is 2.54. The highest BCUT2D eigenvalue weighted by Gasteiger charge is 2.31. The minimum atomic E-state index is -4.46. The molecular formula is C13H9BrF4N2. The Bertz CT molecular complexity index is 596. The fourth-order valence-electron chi connectivity index (χ4n) is 1.54. The summed E-state index contributed by atoms with van der Waals surface area (Å²) in [5, 5.41) is 2.82. The monoisotopic (exact) mass is 348 g/mol. The van der Waals surface area contributed by atoms with Crippen LogP contribution in [0.2, 0.25) is 0 Å². The Kier molecular flexibility index (Phi) is 4.27. The highest BCUT2D eigenvalue weighted by atomic mass is 79.9. The molecule has 0 aliphatic carbocycles. The van der Waals surface area contributed by atoms with E-state index in [-0.39, 0.29) is 12.4 Å². The van der Waals surface area contributed by atoms with Gasteiger partial charge in [-0.05, 0) is 30.3 Å². The molecule has 0 fully saturated rings. The van der Waals surface area contributed by atoms with E-state index in [9.17, 15) is 17.6 Å². The number of halogens is 5. The largest absolute Gasteiger partial charge is 0.433 e. The van der Waals surface area contributed by atoms with E-state index >= 15 is 0 Å². The summed E-state index contributed by atoms with van der Waals surface area (Å²) in [5.41, 5.74) is -0.173. The predicted octanol–water partition coefficient (Wildman–Crippen LogP) is 4.61. The second kappa shape index (κ2) is 5.78. The van der Waals surface area contributed by atoms with Gasteiger partial charge in [0.1, 0.15) is 11.5 Å². The van der Waals surface area contributed by atoms with Gasteiger partial charge >= 0.3 is 6.18 Å². The summed E-state index contributed by atoms with van der Waals surface area (Å²) in [6.07, 6.45) is -3.40. The molecule has 2 rings (SSSR count). The Morgan fingerprint density at radius 3 is 2.50 bits per heavy atom. The van der Waals surface area contributed by atoms with Crippen molar-refractivity contribution in [2.75, 3.05) is 5.32 Å². The number of rotatable bonds is 3. The maximum atomic E-state index is 13.5. The first-order valence-electron chi connectivity index (χ1n) is 5.57. The fraction of sp³-hybridized carbons (Fsp3) is 0.154. The molecule has 0 saturated heterocycles. The molecule has 0 aliphatic heterocycles. The SMILES string of the molecule is Fc1ccc(Br)cc1CNc1ccc(C(F)(F)F)nc1. The third-order valence-corrected chi connectivity index (χ3v) is 3.04. The molecule has 0 aliphatic rings. The highest BCUT2D eigenvalue weighted by molar-refractivity contribution is 9.10. The van der Waals surface area contributed by atoms with Gasteiger partial charge in [0.2, 0.25) is 0 Å². The molecule has 0 atom stereocenters. The molecule has 2 aromatic rings. The van der Waals surface area contributed by atoms with Gasteiger partial charge in [-0.2, -0.15) is 13.2 Å². The van der Waals surface area contributed by atoms with E-state index in [0.717, 1.165) is 16.7 Å². The number of nitrogens with zero attached hydrogens (tertiary/aromatic N) is 1. The number of anilines is 1. The van der Waals surface area contributed by atoms with Crippen molar-refractivity contribution in [2.45, 2.75) is 12.7 Å². The molecule has 2 nitrogen and oxygen atoms in total. The lowest BCUT2D eigenvalue weighted by Crippen LogP contribution is -2.08. The van der Waals surface area contributed by atoms with Crippen molar-refractivity contribution in [1.82, 2.24) is 4.98 Å². The smallest absolute Gasteiger partial charge is 0.380 e. The van der Waals surface area contributed by atoms with Gasteiger partial charge in [0.25, 0.3) is 0 Å². The summed E-state index contributed by atoms with van der Waals surface area (Å²) >= 11 is 3.22. The zero-order valence-corrected chi connectivity index (χ0v) is 11.6. The Balaban J connectivity index is 2.06. The number of hydrogen-bond acceptors (Lipinski definition) is 2. The Hall–Kier alpha value is -1.63. The van der Waals surface area contributed by atoms with Crippen molar-refractivity contribution >= 4 is 21.6 Å². The molecule has 106 valence electrons. The van der Waals surface area contributed by atoms with Crippen molar-refractivity contribution in [3.05, 3.63) is 58.1 Å². The van der Waals surface area contributed by atoms with E-state index in [1.54, 1.807) is 12.1 Å². The van der Waals surface area contributed by atoms with E-state index in [1.807, 2.05) is 0 Å². The van der Waals surface area contributed by atoms with Crippen LogP contribution in [-0.4, -0.2) is 4.98 Å². The molecule has 0 spiro atoms. The molecule has 1 heterocycles. The molecule has 0 radical (unpaired) electrons. The standard InChI is InChI=1S/C13H9BrF4N2/c14-9-1-3-11(15)8(5-9)6-19-10-2-4-12(20-7-10)13(16,17)18/h1-5,7,19H,6H2. The van der Waals surface area contributed by atoms with Gasteiger partial charge in [-0.3, -0.25) is 0 Å². The number of nitrogens with one attached hydrogen (secondary N) is 1. The summed E-state index contributed by atoms with van der Waals surface area (Å²) in [7, 11) is 0. The minimum absolute atomic E-state index is 0.151. The van der Waals surface area contributed by atoms with E-state index < -0.39 is 11.9 Å². The molecule has 1 aromatic carbocycles. The maximum absolute atomic E-state index is 13.5. The molecule has 0 amide bonds. The molecule has 0 bridgehead atoms. The highest BCUT2D eigenvalue weighted by Crippen LogP contribution is 2.27. The summed E-state index contributed by atoms with van der Waals surface area (Å²) < 4.78 is 51.2. The fourth-order valence-corrected chi connectivity index (χ4v) is 1.95. The summed E-state index contributed by atoms with van der Waals surface area (Å²) in [4.78, 5) is 3.31. The topological polar surface area (TPSA) is 24.9 Å². The van der Waals surface area contributed by atoms with Gasteiger partial charge < -0.3 is 5.32 Å². The average Bonchev–Trinajstić information content (AvgIpc) is 2.39. The van der Waals surface area contributed by atoms with Gasteiger partial charge in [-0.25, -0.2) is 9.37 Å². The van der Waals surface area contributed by atoms with Crippen LogP contribution in [0.4, 0.5) is 23.2 Å². The van der Waals surface area contributed by atoms with Crippen LogP contribution in [0.25, 0.3) is 0 Å². The van der Waals surface area contributed by atoms with Crippen molar-refractivity contribution in [3.8, 4) is 0 Å². The van der Waals surface area contributed by atoms with Crippen LogP contribution in [0.1, 0.15) is 11.3 Å². The van der Waals surface area contributed by atoms with Gasteiger partial charge in [-0.1, -0.05) is 15.9 Å². The minimum Gasteiger partial charge on any atom is -0.380 e. The molecule has 20 heavy (non-hydrogen) atoms. The van der Waals surface area contributed by atoms with Crippen molar-refractivity contribution < 1.29 is 17.6 Å². The number of hydrogen-bond donors (Lipinski definition) is 1. The second-order valence-corrected chi connectivity index (χ2v) is 4.93. The Labute approximate surface area is 121 Å². The van der Waals surface area contributed by atoms with Crippen molar-refractivity contribution in [2.24, 2.45) is 0 Å². The summed E-state index contributed by atoms with van der Waals surface area (Å²) in [6.45, 7) is 0.151. The van der Waals surface area contributed by atoms with E-state index in [1.165, 1.54) is 12.1 Å². The molecule has 1 aromatic heterocycles. The number of aromatic nitrogens is 1. The van der Waals surface area contributed by atoms with E-state index in [2.05, 4.69) is 26.2 Å². The first-order chi connectivity index (χ1) is 9.36. The zero-order chi connectivity index (χ0) is 14.8. The second-order valence-electron chi connectivity index (χ2n) is 4.02. The summed E-state index contributed by atoms with van der Waals surface area (Å²) in [5.74, 6) is -0.388. The molecular weight excluding hydrogens is 340 g/mol. The average molecular weight is 349 g/mol. The third kappa shape index (κ3) is 3.69. The first-order valence-corrected chi connectivity index (χ1v) is 6.36. The number of pyridine rings is 1. The lowest BCUT2D eigenvalue weighted by Gasteiger charge is -2.09. The molecule has 0 unspecified atom stereocenters. The maximum Gasteiger partial charge on any atom is 0.433 e. The van der Waals surface area contributed by atoms with Crippen LogP contribution < -0.4 is 5.32 Å². The lowest BCUT2D eigenvalue weighted by molar-refractivity contribution is -0.141. The quantitative estimate of drug-likeness (QED) is 0.819. The van der Waals surface area contributed by atoms with E-state index in [4.69, 9.17) is 0 Å². The Morgan fingerprint density at radius 1 is 1.15 bits per heavy atom. The van der Waals surface area contributed by atoms with Crippen LogP contribution in [-0.2, 0) is 12.7 Å². The van der Waals surface area contributed by atoms with Crippen molar-refractivity contribution in [3.63, 3.8) is 0 Å². The normalized spacial score (nSPS) is 11.4. The molecule has 7 heteroatoms. The Morgan fingerprint density at radius 2 is 1.90 bits per heavy atom. The van der Waals surface area contributed by atoms with Gasteiger partial charge in [0.05, 0.1) is 11.9 Å². The van der Waals surface area contributed by atoms with Crippen LogP contribution in [0.15, 0.2) is 41.0 Å². The van der Waals surface area contributed by atoms with Crippen LogP contribution in [0, 0.1) is 5.82 Å². The van der Waals surface area contributed by atoms with Gasteiger partial charge in [0.15, 0.2) is 0 Å². The van der Waals surface area contributed by atoms with E-state index in [0.29, 0.717) is 11.3 Å². The molecule has 0 saturated carbocycles. The van der Waals surface area contributed by atoms with Crippen LogP contribution in [0.5, 0.6) is 0 Å². The first kappa shape index (κ1) is 14.8. The predicted molar refractivity (Wildman–Crippen MR) is 70.7 cm³/mol. The molecule has 1 N–H and O–H groups in total. The van der Waals surface area contributed by atoms with Crippen LogP contribution in [0.3, 0.4) is 0 Å². The zero-order valence-electron chi connectivity index (χ0n) is 10.0. The van der Waals surface area contributed by atoms with Crippen molar-refractivity contribution in [1.29, 1.82) is 0 Å². The summed E-state index contributed by atoms with van der Waals surface area (Å²) in [6, 6.07) is 6.61. The van der Waals surface area contributed by atoms with Gasteiger partial charge in [0, 0.05) is 16.6 Å². The van der Waals surface area contributed by atoms with Gasteiger partial charge in [-0.15, -0.1) is 0 Å². The number of benzene rings is 1. The number of alkyl halides is 3. The lowest BCUT2D eigenvalue weighted by atomic mass is 10.2.